The van der Waals surface area contributed by atoms with E-state index in [1.165, 1.54) is 0 Å². The Balaban J connectivity index is 1.76. The van der Waals surface area contributed by atoms with Gasteiger partial charge in [0.25, 0.3) is 0 Å². The fourth-order valence-corrected chi connectivity index (χ4v) is 8.03. The molecule has 4 saturated carbocycles. The summed E-state index contributed by atoms with van der Waals surface area (Å²) >= 11 is 0. The zero-order valence-corrected chi connectivity index (χ0v) is 15.3. The average molecular weight is 338 g/mol. The highest BCUT2D eigenvalue weighted by Crippen LogP contribution is 2.75. The minimum absolute atomic E-state index is 0.00357. The lowest BCUT2D eigenvalue weighted by Crippen LogP contribution is -2.65. The maximum Gasteiger partial charge on any atom is 0.0905 e. The molecule has 4 N–H and O–H groups in total. The summed E-state index contributed by atoms with van der Waals surface area (Å²) in [4.78, 5) is 0. The predicted molar refractivity (Wildman–Crippen MR) is 91.2 cm³/mol. The van der Waals surface area contributed by atoms with Crippen molar-refractivity contribution in [3.63, 3.8) is 0 Å². The molecule has 0 amide bonds. The summed E-state index contributed by atoms with van der Waals surface area (Å²) in [7, 11) is 0. The van der Waals surface area contributed by atoms with Gasteiger partial charge in [0.2, 0.25) is 0 Å². The second-order valence-corrected chi connectivity index (χ2v) is 10.3. The first-order chi connectivity index (χ1) is 11.1. The summed E-state index contributed by atoms with van der Waals surface area (Å²) in [6.45, 7) is 6.47. The van der Waals surface area contributed by atoms with Gasteiger partial charge in [-0.15, -0.1) is 0 Å². The van der Waals surface area contributed by atoms with E-state index >= 15 is 0 Å². The molecule has 1 spiro atoms. The number of rotatable bonds is 1. The van der Waals surface area contributed by atoms with Gasteiger partial charge in [0.05, 0.1) is 24.4 Å². The Morgan fingerprint density at radius 3 is 2.33 bits per heavy atom. The third kappa shape index (κ3) is 1.84. The molecule has 4 heteroatoms. The Kier molecular flexibility index (Phi) is 3.57. The molecule has 4 fully saturated rings. The van der Waals surface area contributed by atoms with Crippen LogP contribution in [0.2, 0.25) is 0 Å². The lowest BCUT2D eigenvalue weighted by atomic mass is 9.39. The molecule has 138 valence electrons. The third-order valence-corrected chi connectivity index (χ3v) is 9.37. The van der Waals surface area contributed by atoms with Gasteiger partial charge in [0.15, 0.2) is 0 Å². The highest BCUT2D eigenvalue weighted by Gasteiger charge is 2.70. The molecule has 2 bridgehead atoms. The molecule has 0 heterocycles. The van der Waals surface area contributed by atoms with Gasteiger partial charge in [-0.3, -0.25) is 0 Å². The Bertz CT molecular complexity index is 534. The van der Waals surface area contributed by atoms with E-state index in [2.05, 4.69) is 20.8 Å². The fourth-order valence-electron chi connectivity index (χ4n) is 8.03. The van der Waals surface area contributed by atoms with E-state index in [-0.39, 0.29) is 28.8 Å². The fraction of sp³-hybridized carbons (Fsp3) is 1.00. The first-order valence-electron chi connectivity index (χ1n) is 9.80. The molecule has 0 saturated heterocycles. The molecular formula is C20H34O4. The van der Waals surface area contributed by atoms with Crippen LogP contribution in [0.15, 0.2) is 0 Å². The van der Waals surface area contributed by atoms with Crippen molar-refractivity contribution in [3.8, 4) is 0 Å². The lowest BCUT2D eigenvalue weighted by molar-refractivity contribution is -0.234. The van der Waals surface area contributed by atoms with Crippen LogP contribution in [0.4, 0.5) is 0 Å². The van der Waals surface area contributed by atoms with Gasteiger partial charge in [0.1, 0.15) is 0 Å². The van der Waals surface area contributed by atoms with E-state index < -0.39 is 17.8 Å². The van der Waals surface area contributed by atoms with E-state index in [1.807, 2.05) is 0 Å². The van der Waals surface area contributed by atoms with Gasteiger partial charge >= 0.3 is 0 Å². The maximum atomic E-state index is 10.8. The van der Waals surface area contributed by atoms with Crippen molar-refractivity contribution in [1.29, 1.82) is 0 Å². The number of aliphatic hydroxyl groups excluding tert-OH is 3. The smallest absolute Gasteiger partial charge is 0.0905 e. The quantitative estimate of drug-likeness (QED) is 0.590. The minimum Gasteiger partial charge on any atom is -0.393 e. The lowest BCUT2D eigenvalue weighted by Gasteiger charge is -2.67. The largest absolute Gasteiger partial charge is 0.393 e. The number of aliphatic hydroxyl groups is 4. The van der Waals surface area contributed by atoms with Crippen LogP contribution >= 0.6 is 0 Å². The van der Waals surface area contributed by atoms with Crippen molar-refractivity contribution < 1.29 is 20.4 Å². The van der Waals surface area contributed by atoms with Crippen molar-refractivity contribution in [2.24, 2.45) is 34.0 Å². The van der Waals surface area contributed by atoms with Crippen LogP contribution in [0.3, 0.4) is 0 Å². The minimum atomic E-state index is -0.906. The maximum absolute atomic E-state index is 10.8. The number of hydrogen-bond acceptors (Lipinski definition) is 4. The molecule has 8 atom stereocenters. The molecule has 4 nitrogen and oxygen atoms in total. The molecule has 0 aliphatic heterocycles. The Morgan fingerprint density at radius 2 is 1.67 bits per heavy atom. The zero-order chi connectivity index (χ0) is 17.5. The van der Waals surface area contributed by atoms with Crippen molar-refractivity contribution in [1.82, 2.24) is 0 Å². The standard InChI is InChI=1S/C20H34O4/c1-17(2)15-5-4-12-8-13-9-19(12,6-7-20(13,24)11-21)18(15,3)10-14(22)16(17)23/h12-16,21-24H,4-11H2,1-3H3/t12-,13-,14+,15?,16-,18-,19+,20+/m0/s1. The van der Waals surface area contributed by atoms with E-state index in [9.17, 15) is 20.4 Å². The molecule has 4 aliphatic rings. The monoisotopic (exact) mass is 338 g/mol. The van der Waals surface area contributed by atoms with Gasteiger partial charge < -0.3 is 20.4 Å². The van der Waals surface area contributed by atoms with Gasteiger partial charge in [-0.2, -0.15) is 0 Å². The molecule has 0 aromatic rings. The van der Waals surface area contributed by atoms with Crippen LogP contribution in [0, 0.1) is 34.0 Å². The Morgan fingerprint density at radius 1 is 0.958 bits per heavy atom. The van der Waals surface area contributed by atoms with Crippen LogP contribution < -0.4 is 0 Å². The molecule has 0 aromatic carbocycles. The van der Waals surface area contributed by atoms with E-state index in [4.69, 9.17) is 0 Å². The Labute approximate surface area is 145 Å². The second-order valence-electron chi connectivity index (χ2n) is 10.3. The first-order valence-corrected chi connectivity index (χ1v) is 9.80. The van der Waals surface area contributed by atoms with Crippen LogP contribution in [0.1, 0.15) is 65.7 Å². The van der Waals surface area contributed by atoms with E-state index in [1.54, 1.807) is 0 Å². The van der Waals surface area contributed by atoms with Gasteiger partial charge in [-0.05, 0) is 78.9 Å². The normalized spacial score (nSPS) is 58.9. The summed E-state index contributed by atoms with van der Waals surface area (Å²) in [5.41, 5.74) is -1.03. The molecule has 1 unspecified atom stereocenters. The van der Waals surface area contributed by atoms with Crippen LogP contribution in [0.5, 0.6) is 0 Å². The topological polar surface area (TPSA) is 80.9 Å². The zero-order valence-electron chi connectivity index (χ0n) is 15.3. The molecule has 24 heavy (non-hydrogen) atoms. The molecule has 4 rings (SSSR count). The van der Waals surface area contributed by atoms with Crippen LogP contribution in [0.25, 0.3) is 0 Å². The summed E-state index contributed by atoms with van der Waals surface area (Å²) in [6.07, 6.45) is 5.21. The van der Waals surface area contributed by atoms with Gasteiger partial charge in [-0.1, -0.05) is 20.8 Å². The first kappa shape index (κ1) is 17.3. The summed E-state index contributed by atoms with van der Waals surface area (Å²) < 4.78 is 0. The Hall–Kier alpha value is -0.160. The highest BCUT2D eigenvalue weighted by atomic mass is 16.3. The molecule has 4 aliphatic carbocycles. The third-order valence-electron chi connectivity index (χ3n) is 9.37. The van der Waals surface area contributed by atoms with Crippen molar-refractivity contribution in [2.45, 2.75) is 83.5 Å². The molecule has 0 aromatic heterocycles. The summed E-state index contributed by atoms with van der Waals surface area (Å²) in [5, 5.41) is 41.8. The van der Waals surface area contributed by atoms with E-state index in [0.29, 0.717) is 24.7 Å². The average Bonchev–Trinajstić information content (AvgIpc) is 2.87. The summed E-state index contributed by atoms with van der Waals surface area (Å²) in [5.74, 6) is 1.17. The van der Waals surface area contributed by atoms with Crippen molar-refractivity contribution in [3.05, 3.63) is 0 Å². The van der Waals surface area contributed by atoms with E-state index in [0.717, 1.165) is 32.1 Å². The SMILES string of the molecule is CC1(C)C2CC[C@H]3C[C@H]4C[C@@]3(CC[C@@]4(O)CO)[C@@]2(C)C[C@@H](O)[C@@H]1O. The second kappa shape index (κ2) is 4.97. The van der Waals surface area contributed by atoms with Gasteiger partial charge in [0, 0.05) is 0 Å². The number of hydrogen-bond donors (Lipinski definition) is 4. The van der Waals surface area contributed by atoms with Crippen LogP contribution in [-0.4, -0.2) is 44.8 Å². The number of fused-ring (bicyclic) bond motifs is 2. The predicted octanol–water partition coefficient (Wildman–Crippen LogP) is 2.08. The molecule has 0 radical (unpaired) electrons. The van der Waals surface area contributed by atoms with Gasteiger partial charge in [-0.25, -0.2) is 0 Å². The summed E-state index contributed by atoms with van der Waals surface area (Å²) in [6, 6.07) is 0. The van der Waals surface area contributed by atoms with Crippen molar-refractivity contribution in [2.75, 3.05) is 6.61 Å². The van der Waals surface area contributed by atoms with Crippen molar-refractivity contribution >= 4 is 0 Å². The highest BCUT2D eigenvalue weighted by molar-refractivity contribution is 5.20. The van der Waals surface area contributed by atoms with Crippen LogP contribution in [-0.2, 0) is 0 Å². The molecular weight excluding hydrogens is 304 g/mol.